The van der Waals surface area contributed by atoms with Crippen LogP contribution >= 0.6 is 11.6 Å². The smallest absolute Gasteiger partial charge is 0.275 e. The maximum Gasteiger partial charge on any atom is 0.275 e. The maximum atomic E-state index is 13.0. The number of hydrogen-bond donors (Lipinski definition) is 1. The fraction of sp³-hybridized carbons (Fsp3) is 0.115. The number of para-hydroxylation sites is 1. The van der Waals surface area contributed by atoms with Crippen molar-refractivity contribution in [3.8, 4) is 0 Å². The molecule has 0 aliphatic carbocycles. The standard InChI is InChI=1S/C26H23ClN4O5S2/c1-18-7-6-8-19(15-18)17-37(33,34)26-28-16-23(27)24(30-26)25(32)29-20-11-13-22(14-12-20)38(35,36)31(2)21-9-4-3-5-10-21/h3-16H,17H2,1-2H3,(H,29,32). The molecule has 0 fully saturated rings. The van der Waals surface area contributed by atoms with E-state index in [1.165, 1.54) is 31.3 Å². The molecule has 1 aromatic heterocycles. The van der Waals surface area contributed by atoms with Crippen LogP contribution in [-0.4, -0.2) is 39.8 Å². The summed E-state index contributed by atoms with van der Waals surface area (Å²) < 4.78 is 52.8. The number of nitrogens with zero attached hydrogens (tertiary/aromatic N) is 3. The van der Waals surface area contributed by atoms with Crippen LogP contribution in [0.25, 0.3) is 0 Å². The number of halogens is 1. The molecule has 12 heteroatoms. The van der Waals surface area contributed by atoms with Crippen molar-refractivity contribution in [1.82, 2.24) is 9.97 Å². The van der Waals surface area contributed by atoms with E-state index in [0.717, 1.165) is 16.1 Å². The third-order valence-electron chi connectivity index (χ3n) is 5.54. The van der Waals surface area contributed by atoms with Gasteiger partial charge in [-0.15, -0.1) is 0 Å². The third kappa shape index (κ3) is 6.01. The summed E-state index contributed by atoms with van der Waals surface area (Å²) in [4.78, 5) is 20.6. The average Bonchev–Trinajstić information content (AvgIpc) is 2.89. The number of benzene rings is 3. The summed E-state index contributed by atoms with van der Waals surface area (Å²) in [6, 6.07) is 21.1. The molecule has 1 amide bonds. The zero-order valence-electron chi connectivity index (χ0n) is 20.4. The Bertz CT molecular complexity index is 1700. The third-order valence-corrected chi connectivity index (χ3v) is 9.09. The molecule has 38 heavy (non-hydrogen) atoms. The lowest BCUT2D eigenvalue weighted by Gasteiger charge is -2.19. The summed E-state index contributed by atoms with van der Waals surface area (Å²) in [6.07, 6.45) is 1.06. The lowest BCUT2D eigenvalue weighted by molar-refractivity contribution is 0.102. The molecule has 0 saturated carbocycles. The number of nitrogens with one attached hydrogen (secondary N) is 1. The minimum absolute atomic E-state index is 0.0199. The highest BCUT2D eigenvalue weighted by Crippen LogP contribution is 2.24. The molecule has 0 unspecified atom stereocenters. The molecule has 4 aromatic rings. The lowest BCUT2D eigenvalue weighted by atomic mass is 10.2. The van der Waals surface area contributed by atoms with Gasteiger partial charge in [-0.25, -0.2) is 26.8 Å². The number of carbonyl (C=O) groups excluding carboxylic acids is 1. The van der Waals surface area contributed by atoms with Crippen molar-refractivity contribution in [2.75, 3.05) is 16.7 Å². The molecule has 0 radical (unpaired) electrons. The second-order valence-corrected chi connectivity index (χ2v) is 12.6. The summed E-state index contributed by atoms with van der Waals surface area (Å²) in [7, 11) is -6.35. The van der Waals surface area contributed by atoms with Crippen LogP contribution < -0.4 is 9.62 Å². The van der Waals surface area contributed by atoms with Gasteiger partial charge in [-0.2, -0.15) is 0 Å². The minimum Gasteiger partial charge on any atom is -0.321 e. The molecule has 0 aliphatic heterocycles. The van der Waals surface area contributed by atoms with Crippen LogP contribution in [0.15, 0.2) is 95.1 Å². The normalized spacial score (nSPS) is 11.7. The zero-order chi connectivity index (χ0) is 27.5. The first kappa shape index (κ1) is 27.2. The first-order valence-electron chi connectivity index (χ1n) is 11.2. The Kier molecular flexibility index (Phi) is 7.81. The number of rotatable bonds is 8. The van der Waals surface area contributed by atoms with Crippen LogP contribution in [-0.2, 0) is 25.6 Å². The van der Waals surface area contributed by atoms with Gasteiger partial charge in [-0.05, 0) is 48.9 Å². The number of carbonyl (C=O) groups is 1. The van der Waals surface area contributed by atoms with Crippen molar-refractivity contribution in [1.29, 1.82) is 0 Å². The predicted molar refractivity (Wildman–Crippen MR) is 146 cm³/mol. The number of amides is 1. The van der Waals surface area contributed by atoms with Crippen LogP contribution in [0.3, 0.4) is 0 Å². The van der Waals surface area contributed by atoms with Crippen molar-refractivity contribution < 1.29 is 21.6 Å². The highest BCUT2D eigenvalue weighted by atomic mass is 35.5. The Morgan fingerprint density at radius 1 is 0.947 bits per heavy atom. The van der Waals surface area contributed by atoms with Gasteiger partial charge in [0, 0.05) is 12.7 Å². The summed E-state index contributed by atoms with van der Waals surface area (Å²) >= 11 is 6.10. The van der Waals surface area contributed by atoms with Crippen LogP contribution in [0.4, 0.5) is 11.4 Å². The number of aromatic nitrogens is 2. The Morgan fingerprint density at radius 2 is 1.63 bits per heavy atom. The quantitative estimate of drug-likeness (QED) is 0.309. The van der Waals surface area contributed by atoms with Crippen LogP contribution in [0.5, 0.6) is 0 Å². The molecule has 0 aliphatic rings. The summed E-state index contributed by atoms with van der Waals surface area (Å²) in [5.41, 5.74) is 1.89. The second kappa shape index (κ2) is 10.9. The molecule has 4 rings (SSSR count). The Hall–Kier alpha value is -3.80. The van der Waals surface area contributed by atoms with Crippen LogP contribution in [0.2, 0.25) is 5.02 Å². The monoisotopic (exact) mass is 570 g/mol. The first-order chi connectivity index (χ1) is 18.0. The van der Waals surface area contributed by atoms with Crippen molar-refractivity contribution in [2.45, 2.75) is 22.7 Å². The number of aryl methyl sites for hydroxylation is 1. The molecule has 196 valence electrons. The average molecular weight is 571 g/mol. The van der Waals surface area contributed by atoms with E-state index < -0.39 is 30.9 Å². The fourth-order valence-corrected chi connectivity index (χ4v) is 6.14. The van der Waals surface area contributed by atoms with Gasteiger partial charge in [0.25, 0.3) is 15.9 Å². The molecule has 0 atom stereocenters. The summed E-state index contributed by atoms with van der Waals surface area (Å²) in [5.74, 6) is -1.12. The predicted octanol–water partition coefficient (Wildman–Crippen LogP) is 4.49. The van der Waals surface area contributed by atoms with E-state index in [0.29, 0.717) is 11.3 Å². The van der Waals surface area contributed by atoms with E-state index in [2.05, 4.69) is 15.3 Å². The maximum absolute atomic E-state index is 13.0. The van der Waals surface area contributed by atoms with Crippen molar-refractivity contribution in [3.05, 3.63) is 107 Å². The molecule has 9 nitrogen and oxygen atoms in total. The lowest BCUT2D eigenvalue weighted by Crippen LogP contribution is -2.26. The molecule has 3 aromatic carbocycles. The number of sulfonamides is 1. The Morgan fingerprint density at radius 3 is 2.29 bits per heavy atom. The van der Waals surface area contributed by atoms with Crippen LogP contribution in [0, 0.1) is 6.92 Å². The van der Waals surface area contributed by atoms with E-state index in [9.17, 15) is 21.6 Å². The Balaban J connectivity index is 1.52. The number of anilines is 2. The molecule has 0 spiro atoms. The molecule has 0 bridgehead atoms. The first-order valence-corrected chi connectivity index (χ1v) is 14.7. The Labute approximate surface area is 226 Å². The van der Waals surface area contributed by atoms with Gasteiger partial charge in [-0.1, -0.05) is 59.6 Å². The SMILES string of the molecule is Cc1cccc(CS(=O)(=O)c2ncc(Cl)c(C(=O)Nc3ccc(S(=O)(=O)N(C)c4ccccc4)cc3)n2)c1. The molecule has 1 heterocycles. The van der Waals surface area contributed by atoms with Gasteiger partial charge < -0.3 is 5.32 Å². The van der Waals surface area contributed by atoms with Gasteiger partial charge in [0.1, 0.15) is 0 Å². The topological polar surface area (TPSA) is 126 Å². The number of sulfone groups is 1. The molecule has 0 saturated heterocycles. The minimum atomic E-state index is -3.96. The van der Waals surface area contributed by atoms with Crippen molar-refractivity contribution >= 4 is 48.7 Å². The highest BCUT2D eigenvalue weighted by Gasteiger charge is 2.24. The molecular formula is C26H23ClN4O5S2. The van der Waals surface area contributed by atoms with E-state index in [1.807, 2.05) is 13.0 Å². The van der Waals surface area contributed by atoms with Gasteiger partial charge >= 0.3 is 0 Å². The second-order valence-electron chi connectivity index (χ2n) is 8.38. The molecular weight excluding hydrogens is 548 g/mol. The fourth-order valence-electron chi connectivity index (χ4n) is 3.58. The van der Waals surface area contributed by atoms with Crippen molar-refractivity contribution in [3.63, 3.8) is 0 Å². The van der Waals surface area contributed by atoms with Gasteiger partial charge in [0.05, 0.1) is 27.6 Å². The van der Waals surface area contributed by atoms with E-state index in [4.69, 9.17) is 11.6 Å². The highest BCUT2D eigenvalue weighted by molar-refractivity contribution is 7.92. The summed E-state index contributed by atoms with van der Waals surface area (Å²) in [5, 5.41) is 1.89. The van der Waals surface area contributed by atoms with Gasteiger partial charge in [0.2, 0.25) is 15.0 Å². The van der Waals surface area contributed by atoms with E-state index in [1.54, 1.807) is 48.5 Å². The van der Waals surface area contributed by atoms with Crippen molar-refractivity contribution in [2.24, 2.45) is 0 Å². The van der Waals surface area contributed by atoms with E-state index >= 15 is 0 Å². The largest absolute Gasteiger partial charge is 0.321 e. The number of hydrogen-bond acceptors (Lipinski definition) is 7. The zero-order valence-corrected chi connectivity index (χ0v) is 22.8. The summed E-state index contributed by atoms with van der Waals surface area (Å²) in [6.45, 7) is 1.85. The van der Waals surface area contributed by atoms with Crippen LogP contribution in [0.1, 0.15) is 21.6 Å². The molecule has 1 N–H and O–H groups in total. The van der Waals surface area contributed by atoms with Gasteiger partial charge in [-0.3, -0.25) is 9.10 Å². The van der Waals surface area contributed by atoms with E-state index in [-0.39, 0.29) is 27.1 Å². The van der Waals surface area contributed by atoms with Gasteiger partial charge in [0.15, 0.2) is 5.69 Å².